The van der Waals surface area contributed by atoms with Gasteiger partial charge in [0.25, 0.3) is 0 Å². The molecule has 4 aromatic rings. The number of hydrogen-bond acceptors (Lipinski definition) is 7. The monoisotopic (exact) mass is 428 g/mol. The molecule has 1 atom stereocenters. The highest BCUT2D eigenvalue weighted by Gasteiger charge is 2.21. The van der Waals surface area contributed by atoms with E-state index in [4.69, 9.17) is 22.1 Å². The summed E-state index contributed by atoms with van der Waals surface area (Å²) in [5, 5.41) is -0.280. The Labute approximate surface area is 175 Å². The molecule has 30 heavy (non-hydrogen) atoms. The number of pyridine rings is 1. The Balaban J connectivity index is 1.85. The summed E-state index contributed by atoms with van der Waals surface area (Å²) in [6.45, 7) is 3.58. The van der Waals surface area contributed by atoms with Gasteiger partial charge in [0.05, 0.1) is 23.0 Å². The standard InChI is InChI=1S/C20H15ClF2N6O/c1-9(13-5-6-25-10(2)29-13)30-14-7-26-18(19-15(14)20(24)28-8-27-19)11-3-4-12(22)16(21)17(11)23/h3-9H,1-2H3,(H2,24,27,28)/t9-/m1/s1. The second-order valence-corrected chi connectivity index (χ2v) is 6.84. The number of halogens is 3. The molecule has 7 nitrogen and oxygen atoms in total. The largest absolute Gasteiger partial charge is 0.482 e. The Hall–Kier alpha value is -3.46. The van der Waals surface area contributed by atoms with Gasteiger partial charge in [0.1, 0.15) is 40.4 Å². The van der Waals surface area contributed by atoms with E-state index in [2.05, 4.69) is 24.9 Å². The lowest BCUT2D eigenvalue weighted by Crippen LogP contribution is -2.08. The van der Waals surface area contributed by atoms with Crippen LogP contribution in [0.5, 0.6) is 5.75 Å². The predicted molar refractivity (Wildman–Crippen MR) is 108 cm³/mol. The van der Waals surface area contributed by atoms with Crippen molar-refractivity contribution in [2.45, 2.75) is 20.0 Å². The minimum absolute atomic E-state index is 0.0180. The first-order valence-electron chi connectivity index (χ1n) is 8.86. The number of benzene rings is 1. The van der Waals surface area contributed by atoms with E-state index in [0.29, 0.717) is 22.7 Å². The third-order valence-corrected chi connectivity index (χ3v) is 4.81. The van der Waals surface area contributed by atoms with Crippen molar-refractivity contribution >= 4 is 28.3 Å². The lowest BCUT2D eigenvalue weighted by molar-refractivity contribution is 0.223. The molecule has 0 bridgehead atoms. The number of nitrogen functional groups attached to an aromatic ring is 1. The second kappa shape index (κ2) is 7.75. The van der Waals surface area contributed by atoms with Crippen LogP contribution in [-0.4, -0.2) is 24.9 Å². The zero-order valence-electron chi connectivity index (χ0n) is 15.9. The van der Waals surface area contributed by atoms with Crippen molar-refractivity contribution in [3.63, 3.8) is 0 Å². The molecule has 0 fully saturated rings. The van der Waals surface area contributed by atoms with Crippen molar-refractivity contribution in [3.05, 3.63) is 65.1 Å². The topological polar surface area (TPSA) is 99.7 Å². The van der Waals surface area contributed by atoms with Crippen LogP contribution in [0.25, 0.3) is 22.2 Å². The lowest BCUT2D eigenvalue weighted by atomic mass is 10.1. The lowest BCUT2D eigenvalue weighted by Gasteiger charge is -2.17. The molecule has 0 saturated heterocycles. The molecule has 4 rings (SSSR count). The summed E-state index contributed by atoms with van der Waals surface area (Å²) in [5.41, 5.74) is 7.09. The van der Waals surface area contributed by atoms with Gasteiger partial charge >= 0.3 is 0 Å². The van der Waals surface area contributed by atoms with E-state index >= 15 is 0 Å². The van der Waals surface area contributed by atoms with Crippen molar-refractivity contribution in [1.82, 2.24) is 24.9 Å². The molecule has 3 heterocycles. The van der Waals surface area contributed by atoms with Crippen LogP contribution in [0.1, 0.15) is 24.5 Å². The van der Waals surface area contributed by atoms with Crippen LogP contribution in [0.3, 0.4) is 0 Å². The molecule has 0 aliphatic heterocycles. The molecule has 0 aliphatic rings. The van der Waals surface area contributed by atoms with E-state index < -0.39 is 22.8 Å². The van der Waals surface area contributed by atoms with Gasteiger partial charge in [0.2, 0.25) is 0 Å². The maximum Gasteiger partial charge on any atom is 0.154 e. The number of nitrogens with two attached hydrogens (primary N) is 1. The summed E-state index contributed by atoms with van der Waals surface area (Å²) in [6, 6.07) is 4.03. The van der Waals surface area contributed by atoms with Crippen LogP contribution in [0.4, 0.5) is 14.6 Å². The van der Waals surface area contributed by atoms with Crippen LogP contribution in [0, 0.1) is 18.6 Å². The minimum Gasteiger partial charge on any atom is -0.482 e. The number of anilines is 1. The first kappa shape index (κ1) is 19.8. The highest BCUT2D eigenvalue weighted by atomic mass is 35.5. The molecule has 0 radical (unpaired) electrons. The third kappa shape index (κ3) is 3.48. The summed E-state index contributed by atoms with van der Waals surface area (Å²) in [4.78, 5) is 20.9. The molecular weight excluding hydrogens is 414 g/mol. The fraction of sp³-hybridized carbons (Fsp3) is 0.150. The van der Waals surface area contributed by atoms with Gasteiger partial charge < -0.3 is 10.5 Å². The molecule has 3 aromatic heterocycles. The number of hydrogen-bond donors (Lipinski definition) is 1. The molecule has 0 amide bonds. The Morgan fingerprint density at radius 2 is 1.90 bits per heavy atom. The van der Waals surface area contributed by atoms with Crippen LogP contribution in [-0.2, 0) is 0 Å². The van der Waals surface area contributed by atoms with E-state index in [1.165, 1.54) is 18.6 Å². The van der Waals surface area contributed by atoms with Crippen LogP contribution in [0.2, 0.25) is 5.02 Å². The molecule has 0 unspecified atom stereocenters. The van der Waals surface area contributed by atoms with Crippen LogP contribution in [0.15, 0.2) is 36.9 Å². The Kier molecular flexibility index (Phi) is 5.13. The number of nitrogens with zero attached hydrogens (tertiary/aromatic N) is 5. The maximum absolute atomic E-state index is 14.6. The molecule has 2 N–H and O–H groups in total. The molecule has 10 heteroatoms. The molecule has 1 aromatic carbocycles. The number of fused-ring (bicyclic) bond motifs is 1. The van der Waals surface area contributed by atoms with Gasteiger partial charge in [-0.25, -0.2) is 33.7 Å². The summed E-state index contributed by atoms with van der Waals surface area (Å²) in [7, 11) is 0. The number of aromatic nitrogens is 5. The Morgan fingerprint density at radius 3 is 2.67 bits per heavy atom. The molecule has 0 aliphatic carbocycles. The molecule has 0 saturated carbocycles. The number of ether oxygens (including phenoxy) is 1. The quantitative estimate of drug-likeness (QED) is 0.479. The first-order valence-corrected chi connectivity index (χ1v) is 9.24. The zero-order valence-corrected chi connectivity index (χ0v) is 16.7. The van der Waals surface area contributed by atoms with Gasteiger partial charge in [-0.1, -0.05) is 11.6 Å². The summed E-state index contributed by atoms with van der Waals surface area (Å²) >= 11 is 5.72. The van der Waals surface area contributed by atoms with Gasteiger partial charge in [-0.15, -0.1) is 0 Å². The number of aryl methyl sites for hydroxylation is 1. The average Bonchev–Trinajstić information content (AvgIpc) is 2.73. The van der Waals surface area contributed by atoms with Crippen molar-refractivity contribution < 1.29 is 13.5 Å². The summed E-state index contributed by atoms with van der Waals surface area (Å²) in [6.07, 6.45) is 3.79. The SMILES string of the molecule is Cc1nccc([C@@H](C)Oc2cnc(-c3ccc(F)c(Cl)c3F)c3ncnc(N)c23)n1. The van der Waals surface area contributed by atoms with E-state index in [-0.39, 0.29) is 22.6 Å². The van der Waals surface area contributed by atoms with Gasteiger partial charge in [-0.2, -0.15) is 0 Å². The molecular formula is C20H15ClF2N6O. The summed E-state index contributed by atoms with van der Waals surface area (Å²) in [5.74, 6) is -0.790. The minimum atomic E-state index is -0.943. The Morgan fingerprint density at radius 1 is 1.10 bits per heavy atom. The highest BCUT2D eigenvalue weighted by Crippen LogP contribution is 2.37. The smallest absolute Gasteiger partial charge is 0.154 e. The van der Waals surface area contributed by atoms with Gasteiger partial charge in [0.15, 0.2) is 11.6 Å². The van der Waals surface area contributed by atoms with Crippen molar-refractivity contribution in [2.75, 3.05) is 5.73 Å². The van der Waals surface area contributed by atoms with Gasteiger partial charge in [0, 0.05) is 11.8 Å². The number of rotatable bonds is 4. The van der Waals surface area contributed by atoms with Gasteiger partial charge in [-0.05, 0) is 32.0 Å². The normalized spacial score (nSPS) is 12.2. The van der Waals surface area contributed by atoms with E-state index in [9.17, 15) is 8.78 Å². The molecule has 152 valence electrons. The fourth-order valence-electron chi connectivity index (χ4n) is 3.02. The maximum atomic E-state index is 14.6. The first-order chi connectivity index (χ1) is 14.4. The van der Waals surface area contributed by atoms with Crippen molar-refractivity contribution in [2.24, 2.45) is 0 Å². The van der Waals surface area contributed by atoms with Crippen LogP contribution < -0.4 is 10.5 Å². The van der Waals surface area contributed by atoms with Crippen LogP contribution >= 0.6 is 11.6 Å². The van der Waals surface area contributed by atoms with Crippen molar-refractivity contribution in [1.29, 1.82) is 0 Å². The van der Waals surface area contributed by atoms with Crippen molar-refractivity contribution in [3.8, 4) is 17.0 Å². The zero-order chi connectivity index (χ0) is 21.4. The van der Waals surface area contributed by atoms with Gasteiger partial charge in [-0.3, -0.25) is 0 Å². The van der Waals surface area contributed by atoms with E-state index in [1.807, 2.05) is 0 Å². The average molecular weight is 429 g/mol. The highest BCUT2D eigenvalue weighted by molar-refractivity contribution is 6.31. The second-order valence-electron chi connectivity index (χ2n) is 6.47. The fourth-order valence-corrected chi connectivity index (χ4v) is 3.18. The van der Waals surface area contributed by atoms with E-state index in [0.717, 1.165) is 6.07 Å². The van der Waals surface area contributed by atoms with E-state index in [1.54, 1.807) is 26.1 Å². The Bertz CT molecular complexity index is 1270. The molecule has 0 spiro atoms. The summed E-state index contributed by atoms with van der Waals surface area (Å²) < 4.78 is 34.2. The predicted octanol–water partition coefficient (Wildman–Crippen LogP) is 4.44. The third-order valence-electron chi connectivity index (χ3n) is 4.47.